The molecule has 1 saturated heterocycles. The van der Waals surface area contributed by atoms with Crippen molar-refractivity contribution < 1.29 is 9.53 Å². The van der Waals surface area contributed by atoms with Crippen LogP contribution in [0.2, 0.25) is 0 Å². The van der Waals surface area contributed by atoms with E-state index in [4.69, 9.17) is 4.74 Å². The zero-order valence-corrected chi connectivity index (χ0v) is 13.9. The topological polar surface area (TPSA) is 45.7 Å². The van der Waals surface area contributed by atoms with Crippen LogP contribution in [0.25, 0.3) is 0 Å². The predicted molar refractivity (Wildman–Crippen MR) is 88.0 cm³/mol. The van der Waals surface area contributed by atoms with Crippen LogP contribution < -0.4 is 4.90 Å². The molecule has 0 bridgehead atoms. The predicted octanol–water partition coefficient (Wildman–Crippen LogP) is 2.33. The van der Waals surface area contributed by atoms with Crippen molar-refractivity contribution in [3.8, 4) is 0 Å². The van der Waals surface area contributed by atoms with Gasteiger partial charge in [0, 0.05) is 50.7 Å². The van der Waals surface area contributed by atoms with Crippen LogP contribution in [0.1, 0.15) is 33.6 Å². The highest BCUT2D eigenvalue weighted by Crippen LogP contribution is 2.15. The Balaban J connectivity index is 1.65. The zero-order valence-electron chi connectivity index (χ0n) is 13.9. The van der Waals surface area contributed by atoms with Crippen LogP contribution in [0.3, 0.4) is 0 Å². The summed E-state index contributed by atoms with van der Waals surface area (Å²) in [5, 5.41) is 0. The van der Waals surface area contributed by atoms with E-state index in [0.29, 0.717) is 6.42 Å². The maximum atomic E-state index is 11.7. The summed E-state index contributed by atoms with van der Waals surface area (Å²) in [4.78, 5) is 20.5. The lowest BCUT2D eigenvalue weighted by atomic mass is 10.2. The van der Waals surface area contributed by atoms with Gasteiger partial charge in [-0.3, -0.25) is 14.7 Å². The van der Waals surface area contributed by atoms with Crippen LogP contribution in [0.15, 0.2) is 24.5 Å². The summed E-state index contributed by atoms with van der Waals surface area (Å²) < 4.78 is 5.33. The number of anilines is 1. The number of pyridine rings is 1. The summed E-state index contributed by atoms with van der Waals surface area (Å²) >= 11 is 0. The summed E-state index contributed by atoms with van der Waals surface area (Å²) in [7, 11) is 0. The van der Waals surface area contributed by atoms with Gasteiger partial charge < -0.3 is 9.64 Å². The molecule has 0 aromatic carbocycles. The number of ether oxygens (including phenoxy) is 1. The van der Waals surface area contributed by atoms with Gasteiger partial charge in [-0.1, -0.05) is 0 Å². The molecule has 0 spiro atoms. The fourth-order valence-electron chi connectivity index (χ4n) is 2.62. The Morgan fingerprint density at radius 1 is 1.18 bits per heavy atom. The van der Waals surface area contributed by atoms with Gasteiger partial charge in [0.2, 0.25) is 0 Å². The number of carbonyl (C=O) groups is 1. The highest BCUT2D eigenvalue weighted by atomic mass is 16.6. The summed E-state index contributed by atoms with van der Waals surface area (Å²) in [6.07, 6.45) is 5.04. The quantitative estimate of drug-likeness (QED) is 0.781. The molecule has 1 aromatic heterocycles. The van der Waals surface area contributed by atoms with E-state index in [-0.39, 0.29) is 11.6 Å². The highest BCUT2D eigenvalue weighted by molar-refractivity contribution is 5.69. The molecule has 0 saturated carbocycles. The lowest BCUT2D eigenvalue weighted by molar-refractivity contribution is -0.155. The molecule has 22 heavy (non-hydrogen) atoms. The smallest absolute Gasteiger partial charge is 0.306 e. The van der Waals surface area contributed by atoms with Crippen LogP contribution in [0.4, 0.5) is 5.69 Å². The van der Waals surface area contributed by atoms with E-state index in [1.54, 1.807) is 0 Å². The Kier molecular flexibility index (Phi) is 5.77. The summed E-state index contributed by atoms with van der Waals surface area (Å²) in [6.45, 7) is 10.8. The van der Waals surface area contributed by atoms with Gasteiger partial charge in [-0.05, 0) is 45.9 Å². The number of aromatic nitrogens is 1. The third-order valence-electron chi connectivity index (χ3n) is 3.68. The van der Waals surface area contributed by atoms with E-state index in [1.807, 2.05) is 33.2 Å². The van der Waals surface area contributed by atoms with Crippen LogP contribution in [0.5, 0.6) is 0 Å². The van der Waals surface area contributed by atoms with E-state index in [2.05, 4.69) is 26.9 Å². The average molecular weight is 305 g/mol. The minimum atomic E-state index is -0.382. The Labute approximate surface area is 133 Å². The number of piperazine rings is 1. The molecule has 0 amide bonds. The second-order valence-electron chi connectivity index (χ2n) is 6.72. The molecule has 0 aliphatic carbocycles. The Morgan fingerprint density at radius 2 is 1.82 bits per heavy atom. The van der Waals surface area contributed by atoms with Crippen molar-refractivity contribution in [1.82, 2.24) is 9.88 Å². The molecule has 0 unspecified atom stereocenters. The van der Waals surface area contributed by atoms with Crippen molar-refractivity contribution in [2.75, 3.05) is 37.6 Å². The van der Waals surface area contributed by atoms with Gasteiger partial charge in [-0.15, -0.1) is 0 Å². The molecule has 0 N–H and O–H groups in total. The van der Waals surface area contributed by atoms with Crippen molar-refractivity contribution >= 4 is 11.7 Å². The number of hydrogen-bond acceptors (Lipinski definition) is 5. The summed E-state index contributed by atoms with van der Waals surface area (Å²) in [5.74, 6) is -0.0945. The summed E-state index contributed by atoms with van der Waals surface area (Å²) in [5.41, 5.74) is 0.858. The van der Waals surface area contributed by atoms with Crippen molar-refractivity contribution in [1.29, 1.82) is 0 Å². The molecule has 1 fully saturated rings. The average Bonchev–Trinajstić information content (AvgIpc) is 2.47. The van der Waals surface area contributed by atoms with Gasteiger partial charge in [0.25, 0.3) is 0 Å². The van der Waals surface area contributed by atoms with Gasteiger partial charge in [-0.2, -0.15) is 0 Å². The lowest BCUT2D eigenvalue weighted by Crippen LogP contribution is -2.46. The van der Waals surface area contributed by atoms with Crippen LogP contribution in [-0.4, -0.2) is 54.2 Å². The molecule has 5 heteroatoms. The van der Waals surface area contributed by atoms with Crippen LogP contribution in [0, 0.1) is 0 Å². The molecule has 1 aliphatic heterocycles. The van der Waals surface area contributed by atoms with E-state index < -0.39 is 0 Å². The third kappa shape index (κ3) is 5.64. The fraction of sp³-hybridized carbons (Fsp3) is 0.647. The van der Waals surface area contributed by atoms with E-state index in [9.17, 15) is 4.79 Å². The van der Waals surface area contributed by atoms with Crippen molar-refractivity contribution in [2.24, 2.45) is 0 Å². The van der Waals surface area contributed by atoms with Gasteiger partial charge in [0.05, 0.1) is 0 Å². The Hall–Kier alpha value is -1.62. The monoisotopic (exact) mass is 305 g/mol. The Morgan fingerprint density at radius 3 is 2.41 bits per heavy atom. The number of hydrogen-bond donors (Lipinski definition) is 0. The van der Waals surface area contributed by atoms with Crippen molar-refractivity contribution in [3.63, 3.8) is 0 Å². The second kappa shape index (κ2) is 7.58. The molecule has 1 aromatic rings. The largest absolute Gasteiger partial charge is 0.460 e. The van der Waals surface area contributed by atoms with Gasteiger partial charge in [0.1, 0.15) is 5.60 Å². The van der Waals surface area contributed by atoms with Gasteiger partial charge in [0.15, 0.2) is 0 Å². The molecule has 2 rings (SSSR count). The third-order valence-corrected chi connectivity index (χ3v) is 3.68. The normalized spacial score (nSPS) is 16.6. The zero-order chi connectivity index (χ0) is 16.0. The standard InChI is InChI=1S/C17H27N3O2/c1-17(2,3)22-16(21)5-4-10-19-11-13-20(14-12-19)15-6-8-18-9-7-15/h6-9H,4-5,10-14H2,1-3H3. The van der Waals surface area contributed by atoms with Crippen LogP contribution >= 0.6 is 0 Å². The number of rotatable bonds is 5. The Bertz CT molecular complexity index is 463. The molecule has 5 nitrogen and oxygen atoms in total. The van der Waals surface area contributed by atoms with Gasteiger partial charge >= 0.3 is 5.97 Å². The minimum absolute atomic E-state index is 0.0945. The number of esters is 1. The first kappa shape index (κ1) is 16.7. The first-order valence-corrected chi connectivity index (χ1v) is 8.03. The number of nitrogens with zero attached hydrogens (tertiary/aromatic N) is 3. The second-order valence-corrected chi connectivity index (χ2v) is 6.72. The first-order valence-electron chi connectivity index (χ1n) is 8.03. The van der Waals surface area contributed by atoms with Crippen molar-refractivity contribution in [2.45, 2.75) is 39.2 Å². The maximum absolute atomic E-state index is 11.7. The molecule has 0 radical (unpaired) electrons. The molecular weight excluding hydrogens is 278 g/mol. The number of carbonyl (C=O) groups excluding carboxylic acids is 1. The first-order chi connectivity index (χ1) is 10.4. The highest BCUT2D eigenvalue weighted by Gasteiger charge is 2.19. The van der Waals surface area contributed by atoms with E-state index in [1.165, 1.54) is 5.69 Å². The molecule has 0 atom stereocenters. The van der Waals surface area contributed by atoms with Crippen LogP contribution in [-0.2, 0) is 9.53 Å². The van der Waals surface area contributed by atoms with Gasteiger partial charge in [-0.25, -0.2) is 0 Å². The SMILES string of the molecule is CC(C)(C)OC(=O)CCCN1CCN(c2ccncc2)CC1. The molecular formula is C17H27N3O2. The fourth-order valence-corrected chi connectivity index (χ4v) is 2.62. The van der Waals surface area contributed by atoms with E-state index >= 15 is 0 Å². The molecule has 2 heterocycles. The summed E-state index contributed by atoms with van der Waals surface area (Å²) in [6, 6.07) is 4.11. The molecule has 1 aliphatic rings. The van der Waals surface area contributed by atoms with Crippen molar-refractivity contribution in [3.05, 3.63) is 24.5 Å². The minimum Gasteiger partial charge on any atom is -0.460 e. The van der Waals surface area contributed by atoms with E-state index in [0.717, 1.165) is 39.1 Å². The lowest BCUT2D eigenvalue weighted by Gasteiger charge is -2.36. The maximum Gasteiger partial charge on any atom is 0.306 e. The molecule has 122 valence electrons.